The summed E-state index contributed by atoms with van der Waals surface area (Å²) < 4.78 is 5.57. The zero-order valence-corrected chi connectivity index (χ0v) is 13.9. The number of aliphatic hydroxyl groups excluding tert-OH is 1. The van der Waals surface area contributed by atoms with E-state index in [0.29, 0.717) is 11.1 Å². The lowest BCUT2D eigenvalue weighted by molar-refractivity contribution is -0.137. The SMILES string of the molecule is CCCCCCc1ccc2oc(C(CC(=O)O)C(O)=S)nc2c1. The molecule has 23 heavy (non-hydrogen) atoms. The van der Waals surface area contributed by atoms with E-state index in [1.54, 1.807) is 0 Å². The minimum absolute atomic E-state index is 0.151. The second kappa shape index (κ2) is 8.06. The van der Waals surface area contributed by atoms with Crippen LogP contribution in [0.5, 0.6) is 0 Å². The van der Waals surface area contributed by atoms with Crippen LogP contribution >= 0.6 is 12.2 Å². The fourth-order valence-electron chi connectivity index (χ4n) is 2.51. The lowest BCUT2D eigenvalue weighted by atomic mass is 10.1. The predicted molar refractivity (Wildman–Crippen MR) is 92.1 cm³/mol. The third kappa shape index (κ3) is 4.76. The lowest BCUT2D eigenvalue weighted by Gasteiger charge is -2.06. The van der Waals surface area contributed by atoms with Crippen LogP contribution in [0.4, 0.5) is 0 Å². The van der Waals surface area contributed by atoms with Gasteiger partial charge in [0.2, 0.25) is 5.89 Å². The van der Waals surface area contributed by atoms with E-state index in [0.717, 1.165) is 12.8 Å². The normalized spacial score (nSPS) is 12.4. The number of carboxylic acid groups (broad SMARTS) is 1. The van der Waals surface area contributed by atoms with Crippen molar-refractivity contribution < 1.29 is 19.4 Å². The minimum Gasteiger partial charge on any atom is -0.501 e. The number of unbranched alkanes of at least 4 members (excludes halogenated alkanes) is 3. The topological polar surface area (TPSA) is 83.6 Å². The summed E-state index contributed by atoms with van der Waals surface area (Å²) in [4.78, 5) is 15.2. The van der Waals surface area contributed by atoms with Crippen molar-refractivity contribution in [3.8, 4) is 0 Å². The Kier molecular flexibility index (Phi) is 6.10. The van der Waals surface area contributed by atoms with Gasteiger partial charge in [-0.25, -0.2) is 4.98 Å². The molecule has 6 heteroatoms. The number of carboxylic acids is 1. The van der Waals surface area contributed by atoms with Crippen LogP contribution in [0.15, 0.2) is 22.6 Å². The van der Waals surface area contributed by atoms with Crippen LogP contribution in [0.25, 0.3) is 11.1 Å². The molecule has 0 amide bonds. The van der Waals surface area contributed by atoms with Gasteiger partial charge in [-0.2, -0.15) is 0 Å². The fourth-order valence-corrected chi connectivity index (χ4v) is 2.69. The molecule has 0 bridgehead atoms. The molecular formula is C17H21NO4S. The number of benzene rings is 1. The molecule has 124 valence electrons. The van der Waals surface area contributed by atoms with Crippen molar-refractivity contribution in [3.63, 3.8) is 0 Å². The summed E-state index contributed by atoms with van der Waals surface area (Å²) in [6, 6.07) is 5.78. The first kappa shape index (κ1) is 17.4. The van der Waals surface area contributed by atoms with Gasteiger partial charge in [0.1, 0.15) is 11.4 Å². The Morgan fingerprint density at radius 3 is 2.74 bits per heavy atom. The van der Waals surface area contributed by atoms with Crippen molar-refractivity contribution in [2.24, 2.45) is 0 Å². The van der Waals surface area contributed by atoms with Gasteiger partial charge >= 0.3 is 5.97 Å². The molecule has 0 spiro atoms. The van der Waals surface area contributed by atoms with Gasteiger partial charge in [0.25, 0.3) is 0 Å². The maximum atomic E-state index is 10.9. The van der Waals surface area contributed by atoms with Crippen LogP contribution in [-0.4, -0.2) is 26.2 Å². The zero-order chi connectivity index (χ0) is 16.8. The Labute approximate surface area is 140 Å². The Hall–Kier alpha value is -1.95. The number of thiocarbonyl (C=S) groups is 1. The van der Waals surface area contributed by atoms with Crippen molar-refractivity contribution in [2.75, 3.05) is 0 Å². The standard InChI is InChI=1S/C17H21NO4S/c1-2-3-4-5-6-11-7-8-14-13(9-11)18-16(22-14)12(17(21)23)10-15(19)20/h7-9,12H,2-6,10H2,1H3,(H,19,20)(H,21,23). The monoisotopic (exact) mass is 335 g/mol. The summed E-state index contributed by atoms with van der Waals surface area (Å²) in [5, 5.41) is 18.0. The first-order valence-corrected chi connectivity index (χ1v) is 8.26. The van der Waals surface area contributed by atoms with E-state index in [4.69, 9.17) is 21.7 Å². The highest BCUT2D eigenvalue weighted by molar-refractivity contribution is 7.80. The average Bonchev–Trinajstić information content (AvgIpc) is 2.91. The van der Waals surface area contributed by atoms with Gasteiger partial charge in [-0.05, 0) is 42.8 Å². The second-order valence-electron chi connectivity index (χ2n) is 5.65. The molecule has 1 aromatic heterocycles. The number of hydrogen-bond acceptors (Lipinski definition) is 4. The first-order chi connectivity index (χ1) is 11.0. The van der Waals surface area contributed by atoms with Crippen molar-refractivity contribution in [1.29, 1.82) is 0 Å². The van der Waals surface area contributed by atoms with E-state index in [9.17, 15) is 9.90 Å². The van der Waals surface area contributed by atoms with Crippen LogP contribution in [-0.2, 0) is 11.2 Å². The molecule has 1 heterocycles. The highest BCUT2D eigenvalue weighted by Crippen LogP contribution is 2.26. The molecule has 0 aliphatic heterocycles. The molecule has 1 unspecified atom stereocenters. The van der Waals surface area contributed by atoms with E-state index in [2.05, 4.69) is 11.9 Å². The Morgan fingerprint density at radius 2 is 2.09 bits per heavy atom. The summed E-state index contributed by atoms with van der Waals surface area (Å²) in [5.41, 5.74) is 2.42. The van der Waals surface area contributed by atoms with Crippen LogP contribution in [0.3, 0.4) is 0 Å². The molecule has 2 aromatic rings. The van der Waals surface area contributed by atoms with E-state index in [1.165, 1.54) is 24.8 Å². The molecule has 0 saturated carbocycles. The Balaban J connectivity index is 2.17. The zero-order valence-electron chi connectivity index (χ0n) is 13.1. The van der Waals surface area contributed by atoms with E-state index in [1.807, 2.05) is 18.2 Å². The quantitative estimate of drug-likeness (QED) is 0.522. The van der Waals surface area contributed by atoms with Gasteiger partial charge in [-0.1, -0.05) is 32.3 Å². The number of nitrogens with zero attached hydrogens (tertiary/aromatic N) is 1. The molecular weight excluding hydrogens is 314 g/mol. The molecule has 0 radical (unpaired) electrons. The van der Waals surface area contributed by atoms with Gasteiger partial charge in [0.15, 0.2) is 10.6 Å². The largest absolute Gasteiger partial charge is 0.501 e. The van der Waals surface area contributed by atoms with E-state index in [-0.39, 0.29) is 12.3 Å². The summed E-state index contributed by atoms with van der Waals surface area (Å²) in [6.45, 7) is 2.18. The fraction of sp³-hybridized carbons (Fsp3) is 0.471. The van der Waals surface area contributed by atoms with Gasteiger partial charge in [-0.3, -0.25) is 4.79 Å². The highest BCUT2D eigenvalue weighted by atomic mass is 32.1. The first-order valence-electron chi connectivity index (χ1n) is 7.85. The molecule has 5 nitrogen and oxygen atoms in total. The molecule has 0 saturated heterocycles. The number of hydrogen-bond donors (Lipinski definition) is 2. The van der Waals surface area contributed by atoms with E-state index < -0.39 is 16.9 Å². The minimum atomic E-state index is -1.06. The van der Waals surface area contributed by atoms with Gasteiger partial charge < -0.3 is 14.6 Å². The lowest BCUT2D eigenvalue weighted by Crippen LogP contribution is -2.14. The molecule has 1 atom stereocenters. The second-order valence-corrected chi connectivity index (χ2v) is 6.07. The number of oxazole rings is 1. The molecule has 0 fully saturated rings. The molecule has 0 aliphatic carbocycles. The number of aryl methyl sites for hydroxylation is 1. The van der Waals surface area contributed by atoms with Crippen molar-refractivity contribution in [2.45, 2.75) is 51.4 Å². The Morgan fingerprint density at radius 1 is 1.30 bits per heavy atom. The summed E-state index contributed by atoms with van der Waals surface area (Å²) in [6.07, 6.45) is 5.42. The third-order valence-corrected chi connectivity index (χ3v) is 4.05. The van der Waals surface area contributed by atoms with Gasteiger partial charge in [-0.15, -0.1) is 0 Å². The predicted octanol–water partition coefficient (Wildman–Crippen LogP) is 4.39. The van der Waals surface area contributed by atoms with Crippen LogP contribution < -0.4 is 0 Å². The van der Waals surface area contributed by atoms with Crippen molar-refractivity contribution in [1.82, 2.24) is 4.98 Å². The van der Waals surface area contributed by atoms with E-state index >= 15 is 0 Å². The summed E-state index contributed by atoms with van der Waals surface area (Å²) in [7, 11) is 0. The smallest absolute Gasteiger partial charge is 0.304 e. The summed E-state index contributed by atoms with van der Waals surface area (Å²) in [5.74, 6) is -1.81. The maximum absolute atomic E-state index is 10.9. The third-order valence-electron chi connectivity index (χ3n) is 3.76. The van der Waals surface area contributed by atoms with Crippen LogP contribution in [0.2, 0.25) is 0 Å². The number of carbonyl (C=O) groups is 1. The van der Waals surface area contributed by atoms with Crippen molar-refractivity contribution in [3.05, 3.63) is 29.7 Å². The number of rotatable bonds is 9. The highest BCUT2D eigenvalue weighted by Gasteiger charge is 2.25. The number of aliphatic hydroxyl groups is 1. The van der Waals surface area contributed by atoms with Crippen LogP contribution in [0.1, 0.15) is 56.4 Å². The molecule has 1 aromatic carbocycles. The molecule has 2 rings (SSSR count). The maximum Gasteiger partial charge on any atom is 0.304 e. The van der Waals surface area contributed by atoms with Gasteiger partial charge in [0, 0.05) is 0 Å². The number of aromatic nitrogens is 1. The van der Waals surface area contributed by atoms with Crippen molar-refractivity contribution >= 4 is 34.3 Å². The summed E-state index contributed by atoms with van der Waals surface area (Å²) >= 11 is 4.72. The average molecular weight is 335 g/mol. The number of aliphatic carboxylic acids is 1. The van der Waals surface area contributed by atoms with Crippen LogP contribution in [0, 0.1) is 0 Å². The van der Waals surface area contributed by atoms with Gasteiger partial charge in [0.05, 0.1) is 6.42 Å². The Bertz CT molecular complexity index is 695. The molecule has 2 N–H and O–H groups in total. The molecule has 0 aliphatic rings. The number of fused-ring (bicyclic) bond motifs is 1.